The molecular formula is C8H14O2S. The highest BCUT2D eigenvalue weighted by atomic mass is 32.2. The van der Waals surface area contributed by atoms with Crippen molar-refractivity contribution in [2.45, 2.75) is 37.9 Å². The average molecular weight is 174 g/mol. The molecule has 0 fully saturated rings. The van der Waals surface area contributed by atoms with Crippen LogP contribution in [-0.4, -0.2) is 13.7 Å². The molecule has 1 atom stereocenters. The van der Waals surface area contributed by atoms with Crippen LogP contribution >= 0.6 is 0 Å². The number of unbranched alkanes of at least 4 members (excludes halogenated alkanes) is 2. The summed E-state index contributed by atoms with van der Waals surface area (Å²) in [5.41, 5.74) is 0. The topological polar surface area (TPSA) is 34.1 Å². The molecule has 0 saturated heterocycles. The Bertz CT molecular complexity index is 193. The van der Waals surface area contributed by atoms with Gasteiger partial charge in [0, 0.05) is 0 Å². The van der Waals surface area contributed by atoms with Gasteiger partial charge in [-0.1, -0.05) is 32.1 Å². The summed E-state index contributed by atoms with van der Waals surface area (Å²) in [5, 5.41) is -0.545. The van der Waals surface area contributed by atoms with Gasteiger partial charge < -0.3 is 0 Å². The maximum atomic E-state index is 10.4. The molecule has 0 aromatic heterocycles. The van der Waals surface area contributed by atoms with Crippen molar-refractivity contribution in [3.8, 4) is 12.3 Å². The standard InChI is InChI=1S/C8H14O2S/c1-3-5-6-7-8(4-2)11(9)10/h2,8,11H,3,5-7H2,1H3. The molecule has 0 heterocycles. The van der Waals surface area contributed by atoms with E-state index in [9.17, 15) is 8.42 Å². The van der Waals surface area contributed by atoms with E-state index in [-0.39, 0.29) is 0 Å². The fraction of sp³-hybridized carbons (Fsp3) is 0.750. The first-order chi connectivity index (χ1) is 5.22. The molecule has 3 heteroatoms. The van der Waals surface area contributed by atoms with Crippen molar-refractivity contribution in [1.82, 2.24) is 0 Å². The Labute approximate surface area is 70.0 Å². The zero-order valence-electron chi connectivity index (χ0n) is 6.75. The van der Waals surface area contributed by atoms with Crippen molar-refractivity contribution in [3.63, 3.8) is 0 Å². The average Bonchev–Trinajstić information content (AvgIpc) is 1.97. The Kier molecular flexibility index (Phi) is 5.96. The van der Waals surface area contributed by atoms with Gasteiger partial charge >= 0.3 is 0 Å². The molecule has 0 aromatic rings. The first-order valence-corrected chi connectivity index (χ1v) is 5.06. The van der Waals surface area contributed by atoms with E-state index in [1.807, 2.05) is 0 Å². The Balaban J connectivity index is 3.64. The maximum absolute atomic E-state index is 10.4. The summed E-state index contributed by atoms with van der Waals surface area (Å²) < 4.78 is 20.8. The quantitative estimate of drug-likeness (QED) is 0.386. The summed E-state index contributed by atoms with van der Waals surface area (Å²) in [7, 11) is -2.42. The lowest BCUT2D eigenvalue weighted by molar-refractivity contribution is 0.597. The highest BCUT2D eigenvalue weighted by Gasteiger charge is 2.05. The van der Waals surface area contributed by atoms with Gasteiger partial charge in [-0.3, -0.25) is 0 Å². The highest BCUT2D eigenvalue weighted by Crippen LogP contribution is 2.04. The molecule has 0 aliphatic rings. The molecule has 0 aromatic carbocycles. The zero-order chi connectivity index (χ0) is 8.69. The summed E-state index contributed by atoms with van der Waals surface area (Å²) >= 11 is 0. The summed E-state index contributed by atoms with van der Waals surface area (Å²) in [6.07, 6.45) is 8.69. The zero-order valence-corrected chi connectivity index (χ0v) is 7.64. The Morgan fingerprint density at radius 2 is 2.09 bits per heavy atom. The molecule has 64 valence electrons. The Hall–Kier alpha value is -0.490. The lowest BCUT2D eigenvalue weighted by Gasteiger charge is -2.00. The van der Waals surface area contributed by atoms with Gasteiger partial charge in [0.1, 0.15) is 5.25 Å². The van der Waals surface area contributed by atoms with Crippen LogP contribution in [0.1, 0.15) is 32.6 Å². The van der Waals surface area contributed by atoms with Crippen LogP contribution in [0.2, 0.25) is 0 Å². The van der Waals surface area contributed by atoms with E-state index in [4.69, 9.17) is 6.42 Å². The van der Waals surface area contributed by atoms with Gasteiger partial charge in [-0.05, 0) is 6.42 Å². The van der Waals surface area contributed by atoms with Gasteiger partial charge in [0.2, 0.25) is 0 Å². The SMILES string of the molecule is C#CC(CCCCC)[SH](=O)=O. The van der Waals surface area contributed by atoms with Gasteiger partial charge in [-0.15, -0.1) is 6.42 Å². The van der Waals surface area contributed by atoms with Crippen LogP contribution in [0.15, 0.2) is 0 Å². The molecular weight excluding hydrogens is 160 g/mol. The van der Waals surface area contributed by atoms with Crippen LogP contribution in [0.5, 0.6) is 0 Å². The Morgan fingerprint density at radius 3 is 2.45 bits per heavy atom. The summed E-state index contributed by atoms with van der Waals surface area (Å²) in [6.45, 7) is 2.07. The number of rotatable bonds is 5. The second kappa shape index (κ2) is 6.23. The minimum absolute atomic E-state index is 0.545. The Morgan fingerprint density at radius 1 is 1.45 bits per heavy atom. The van der Waals surface area contributed by atoms with E-state index in [1.165, 1.54) is 0 Å². The molecule has 0 rings (SSSR count). The minimum Gasteiger partial charge on any atom is -0.231 e. The summed E-state index contributed by atoms with van der Waals surface area (Å²) in [4.78, 5) is 0. The molecule has 0 spiro atoms. The molecule has 2 nitrogen and oxygen atoms in total. The number of thiol groups is 1. The molecule has 0 bridgehead atoms. The van der Waals surface area contributed by atoms with Crippen molar-refractivity contribution in [2.75, 3.05) is 0 Å². The van der Waals surface area contributed by atoms with Crippen LogP contribution in [0.3, 0.4) is 0 Å². The predicted molar refractivity (Wildman–Crippen MR) is 47.1 cm³/mol. The van der Waals surface area contributed by atoms with E-state index in [1.54, 1.807) is 0 Å². The molecule has 0 saturated carbocycles. The molecule has 0 aliphatic heterocycles. The normalized spacial score (nSPS) is 12.8. The first kappa shape index (κ1) is 10.5. The molecule has 1 unspecified atom stereocenters. The van der Waals surface area contributed by atoms with E-state index < -0.39 is 16.0 Å². The lowest BCUT2D eigenvalue weighted by Crippen LogP contribution is -2.05. The van der Waals surface area contributed by atoms with Gasteiger partial charge in [0.15, 0.2) is 10.7 Å². The van der Waals surface area contributed by atoms with Gasteiger partial charge in [-0.2, -0.15) is 0 Å². The third kappa shape index (κ3) is 4.86. The predicted octanol–water partition coefficient (Wildman–Crippen LogP) is 1.18. The molecule has 0 amide bonds. The lowest BCUT2D eigenvalue weighted by atomic mass is 10.2. The van der Waals surface area contributed by atoms with Crippen molar-refractivity contribution in [3.05, 3.63) is 0 Å². The summed E-state index contributed by atoms with van der Waals surface area (Å²) in [5.74, 6) is 2.26. The third-order valence-corrected chi connectivity index (χ3v) is 2.44. The monoisotopic (exact) mass is 174 g/mol. The highest BCUT2D eigenvalue weighted by molar-refractivity contribution is 7.73. The van der Waals surface area contributed by atoms with Crippen LogP contribution in [0.25, 0.3) is 0 Å². The van der Waals surface area contributed by atoms with Crippen LogP contribution in [-0.2, 0) is 10.7 Å². The van der Waals surface area contributed by atoms with Crippen molar-refractivity contribution in [2.24, 2.45) is 0 Å². The number of hydrogen-bond donors (Lipinski definition) is 1. The third-order valence-electron chi connectivity index (χ3n) is 1.53. The largest absolute Gasteiger partial charge is 0.231 e. The fourth-order valence-electron chi connectivity index (χ4n) is 0.837. The van der Waals surface area contributed by atoms with Crippen LogP contribution in [0, 0.1) is 12.3 Å². The van der Waals surface area contributed by atoms with Crippen molar-refractivity contribution >= 4 is 10.7 Å². The second-order valence-corrected chi connectivity index (χ2v) is 3.66. The van der Waals surface area contributed by atoms with E-state index in [0.717, 1.165) is 19.3 Å². The van der Waals surface area contributed by atoms with E-state index in [2.05, 4.69) is 12.8 Å². The fourth-order valence-corrected chi connectivity index (χ4v) is 1.35. The van der Waals surface area contributed by atoms with Crippen LogP contribution in [0.4, 0.5) is 0 Å². The smallest absolute Gasteiger partial charge is 0.154 e. The van der Waals surface area contributed by atoms with Crippen molar-refractivity contribution < 1.29 is 8.42 Å². The molecule has 11 heavy (non-hydrogen) atoms. The molecule has 0 N–H and O–H groups in total. The van der Waals surface area contributed by atoms with Crippen LogP contribution < -0.4 is 0 Å². The molecule has 0 radical (unpaired) electrons. The molecule has 0 aliphatic carbocycles. The van der Waals surface area contributed by atoms with Gasteiger partial charge in [0.25, 0.3) is 0 Å². The second-order valence-electron chi connectivity index (χ2n) is 2.46. The van der Waals surface area contributed by atoms with E-state index >= 15 is 0 Å². The van der Waals surface area contributed by atoms with Gasteiger partial charge in [0.05, 0.1) is 0 Å². The first-order valence-electron chi connectivity index (χ1n) is 3.82. The van der Waals surface area contributed by atoms with E-state index in [0.29, 0.717) is 6.42 Å². The number of hydrogen-bond acceptors (Lipinski definition) is 2. The summed E-state index contributed by atoms with van der Waals surface area (Å²) in [6, 6.07) is 0. The van der Waals surface area contributed by atoms with Crippen molar-refractivity contribution in [1.29, 1.82) is 0 Å². The van der Waals surface area contributed by atoms with Gasteiger partial charge in [-0.25, -0.2) is 8.42 Å². The maximum Gasteiger partial charge on any atom is 0.154 e. The number of terminal acetylenes is 1. The minimum atomic E-state index is -2.42.